The van der Waals surface area contributed by atoms with Crippen molar-refractivity contribution in [3.8, 4) is 22.7 Å². The number of aromatic nitrogens is 3. The number of ether oxygens (including phenoxy) is 1. The van der Waals surface area contributed by atoms with E-state index in [4.69, 9.17) is 21.3 Å². The molecule has 5 rings (SSSR count). The van der Waals surface area contributed by atoms with Crippen molar-refractivity contribution in [1.82, 2.24) is 14.8 Å². The van der Waals surface area contributed by atoms with E-state index in [2.05, 4.69) is 10.1 Å². The highest BCUT2D eigenvalue weighted by atomic mass is 35.5. The Bertz CT molecular complexity index is 1560. The summed E-state index contributed by atoms with van der Waals surface area (Å²) in [6.07, 6.45) is 2.72. The summed E-state index contributed by atoms with van der Waals surface area (Å²) in [5.41, 5.74) is 5.67. The van der Waals surface area contributed by atoms with Crippen molar-refractivity contribution < 1.29 is 4.74 Å². The third kappa shape index (κ3) is 4.53. The number of H-pyrrole nitrogens is 2. The van der Waals surface area contributed by atoms with Crippen LogP contribution < -0.4 is 10.3 Å². The van der Waals surface area contributed by atoms with Crippen molar-refractivity contribution in [2.24, 2.45) is 4.99 Å². The lowest BCUT2D eigenvalue weighted by Crippen LogP contribution is -2.19. The fourth-order valence-corrected chi connectivity index (χ4v) is 4.45. The van der Waals surface area contributed by atoms with Gasteiger partial charge in [-0.2, -0.15) is 0 Å². The van der Waals surface area contributed by atoms with Crippen LogP contribution in [0.5, 0.6) is 5.75 Å². The van der Waals surface area contributed by atoms with Crippen molar-refractivity contribution in [3.05, 3.63) is 105 Å². The van der Waals surface area contributed by atoms with Crippen LogP contribution in [0.4, 0.5) is 0 Å². The molecular formula is C28H25ClN4O2. The molecule has 176 valence electrons. The molecule has 5 aromatic rings. The Morgan fingerprint density at radius 1 is 1.06 bits per heavy atom. The van der Waals surface area contributed by atoms with E-state index in [0.717, 1.165) is 45.6 Å². The average molecular weight is 485 g/mol. The number of hydrogen-bond donors (Lipinski definition) is 2. The van der Waals surface area contributed by atoms with Gasteiger partial charge in [0.15, 0.2) is 0 Å². The number of aliphatic imine (C=N–C) groups is 1. The molecular weight excluding hydrogens is 460 g/mol. The van der Waals surface area contributed by atoms with Gasteiger partial charge in [-0.05, 0) is 73.5 Å². The maximum atomic E-state index is 13.5. The summed E-state index contributed by atoms with van der Waals surface area (Å²) >= 11 is 6.19. The Morgan fingerprint density at radius 3 is 2.57 bits per heavy atom. The molecule has 2 heterocycles. The molecule has 35 heavy (non-hydrogen) atoms. The molecule has 0 atom stereocenters. The predicted octanol–water partition coefficient (Wildman–Crippen LogP) is 6.03. The molecule has 0 spiro atoms. The zero-order valence-corrected chi connectivity index (χ0v) is 20.3. The van der Waals surface area contributed by atoms with E-state index in [1.807, 2.05) is 85.9 Å². The Morgan fingerprint density at radius 2 is 1.83 bits per heavy atom. The Labute approximate surface area is 207 Å². The topological polar surface area (TPSA) is 75.2 Å². The van der Waals surface area contributed by atoms with Gasteiger partial charge in [0.2, 0.25) is 0 Å². The normalized spacial score (nSPS) is 11.8. The van der Waals surface area contributed by atoms with Crippen molar-refractivity contribution in [1.29, 1.82) is 0 Å². The second-order valence-corrected chi connectivity index (χ2v) is 8.72. The van der Waals surface area contributed by atoms with Crippen LogP contribution in [0.25, 0.3) is 27.8 Å². The number of benzene rings is 3. The molecule has 0 aliphatic carbocycles. The Hall–Kier alpha value is -4.03. The number of nitrogens with one attached hydrogen (secondary N) is 2. The molecule has 2 N–H and O–H groups in total. The zero-order valence-electron chi connectivity index (χ0n) is 19.5. The van der Waals surface area contributed by atoms with Gasteiger partial charge in [-0.15, -0.1) is 0 Å². The van der Waals surface area contributed by atoms with Gasteiger partial charge in [-0.1, -0.05) is 29.8 Å². The summed E-state index contributed by atoms with van der Waals surface area (Å²) in [6.45, 7) is 2.43. The van der Waals surface area contributed by atoms with Crippen LogP contribution >= 0.6 is 11.6 Å². The highest BCUT2D eigenvalue weighted by molar-refractivity contribution is 6.31. The number of hydrogen-bond acceptors (Lipinski definition) is 3. The third-order valence-electron chi connectivity index (χ3n) is 6.11. The van der Waals surface area contributed by atoms with E-state index in [9.17, 15) is 4.79 Å². The largest absolute Gasteiger partial charge is 0.497 e. The van der Waals surface area contributed by atoms with Crippen LogP contribution in [0.15, 0.2) is 88.8 Å². The molecule has 6 nitrogen and oxygen atoms in total. The number of nitrogens with zero attached hydrogens (tertiary/aromatic N) is 2. The van der Waals surface area contributed by atoms with Gasteiger partial charge in [0.25, 0.3) is 5.56 Å². The van der Waals surface area contributed by atoms with Gasteiger partial charge in [0, 0.05) is 39.9 Å². The average Bonchev–Trinajstić information content (AvgIpc) is 3.45. The van der Waals surface area contributed by atoms with Gasteiger partial charge in [-0.25, -0.2) is 4.68 Å². The number of para-hydroxylation sites is 1. The maximum absolute atomic E-state index is 13.5. The first-order valence-corrected chi connectivity index (χ1v) is 11.7. The van der Waals surface area contributed by atoms with Crippen LogP contribution in [-0.4, -0.2) is 34.1 Å². The molecule has 0 aliphatic rings. The van der Waals surface area contributed by atoms with E-state index in [1.165, 1.54) is 0 Å². The number of halogens is 1. The zero-order chi connectivity index (χ0) is 24.4. The van der Waals surface area contributed by atoms with Crippen molar-refractivity contribution in [2.45, 2.75) is 13.3 Å². The molecule has 0 bridgehead atoms. The lowest BCUT2D eigenvalue weighted by molar-refractivity contribution is 0.415. The summed E-state index contributed by atoms with van der Waals surface area (Å²) in [7, 11) is 1.63. The molecule has 0 radical (unpaired) electrons. The molecule has 0 saturated carbocycles. The van der Waals surface area contributed by atoms with Crippen LogP contribution in [-0.2, 0) is 6.42 Å². The molecule has 2 aromatic heterocycles. The van der Waals surface area contributed by atoms with Crippen molar-refractivity contribution in [3.63, 3.8) is 0 Å². The van der Waals surface area contributed by atoms with Crippen LogP contribution in [0.1, 0.15) is 18.1 Å². The molecule has 0 aliphatic heterocycles. The van der Waals surface area contributed by atoms with E-state index in [1.54, 1.807) is 11.8 Å². The standard InChI is InChI=1S/C28H25ClN4O2/c1-18(30-15-14-20-17-31-25-13-10-21(29)16-24(20)25)26-27(19-8-11-23(35-2)12-9-19)32-33(28(26)34)22-6-4-3-5-7-22/h3-13,16-17,31-32H,14-15H2,1-2H3. The first kappa shape index (κ1) is 22.7. The predicted molar refractivity (Wildman–Crippen MR) is 142 cm³/mol. The second kappa shape index (κ2) is 9.68. The molecule has 7 heteroatoms. The van der Waals surface area contributed by atoms with Gasteiger partial charge in [-0.3, -0.25) is 14.9 Å². The monoisotopic (exact) mass is 484 g/mol. The fraction of sp³-hybridized carbons (Fsp3) is 0.143. The second-order valence-electron chi connectivity index (χ2n) is 8.29. The number of fused-ring (bicyclic) bond motifs is 1. The van der Waals surface area contributed by atoms with Gasteiger partial charge < -0.3 is 9.72 Å². The summed E-state index contributed by atoms with van der Waals surface area (Å²) in [4.78, 5) is 21.6. The van der Waals surface area contributed by atoms with Crippen molar-refractivity contribution in [2.75, 3.05) is 13.7 Å². The summed E-state index contributed by atoms with van der Waals surface area (Å²) in [5.74, 6) is 0.754. The highest BCUT2D eigenvalue weighted by Gasteiger charge is 2.19. The molecule has 0 unspecified atom stereocenters. The quantitative estimate of drug-likeness (QED) is 0.277. The summed E-state index contributed by atoms with van der Waals surface area (Å²) in [5, 5.41) is 5.10. The lowest BCUT2D eigenvalue weighted by Gasteiger charge is -2.05. The van der Waals surface area contributed by atoms with Gasteiger partial charge in [0.05, 0.1) is 24.1 Å². The molecule has 3 aromatic carbocycles. The van der Waals surface area contributed by atoms with E-state index >= 15 is 0 Å². The fourth-order valence-electron chi connectivity index (χ4n) is 4.28. The minimum atomic E-state index is -0.137. The van der Waals surface area contributed by atoms with Crippen LogP contribution in [0, 0.1) is 0 Å². The third-order valence-corrected chi connectivity index (χ3v) is 6.34. The maximum Gasteiger partial charge on any atom is 0.280 e. The summed E-state index contributed by atoms with van der Waals surface area (Å²) < 4.78 is 6.86. The first-order chi connectivity index (χ1) is 17.0. The number of aromatic amines is 2. The summed E-state index contributed by atoms with van der Waals surface area (Å²) in [6, 6.07) is 23.0. The van der Waals surface area contributed by atoms with E-state index in [-0.39, 0.29) is 5.56 Å². The minimum absolute atomic E-state index is 0.137. The minimum Gasteiger partial charge on any atom is -0.497 e. The molecule has 0 fully saturated rings. The first-order valence-electron chi connectivity index (χ1n) is 11.4. The van der Waals surface area contributed by atoms with E-state index < -0.39 is 0 Å². The van der Waals surface area contributed by atoms with Gasteiger partial charge >= 0.3 is 0 Å². The number of rotatable bonds is 7. The van der Waals surface area contributed by atoms with E-state index in [0.29, 0.717) is 22.8 Å². The molecule has 0 saturated heterocycles. The Kier molecular flexibility index (Phi) is 6.29. The van der Waals surface area contributed by atoms with Gasteiger partial charge in [0.1, 0.15) is 5.75 Å². The van der Waals surface area contributed by atoms with Crippen LogP contribution in [0.2, 0.25) is 5.02 Å². The SMILES string of the molecule is COc1ccc(-c2[nH]n(-c3ccccc3)c(=O)c2C(C)=NCCc2c[nH]c3ccc(Cl)cc23)cc1. The smallest absolute Gasteiger partial charge is 0.280 e. The number of methoxy groups -OCH3 is 1. The molecule has 0 amide bonds. The Balaban J connectivity index is 1.51. The van der Waals surface area contributed by atoms with Crippen LogP contribution in [0.3, 0.4) is 0 Å². The van der Waals surface area contributed by atoms with Crippen molar-refractivity contribution >= 4 is 28.2 Å². The lowest BCUT2D eigenvalue weighted by atomic mass is 10.0. The highest BCUT2D eigenvalue weighted by Crippen LogP contribution is 2.25.